The number of carbonyl (C=O) groups is 1. The van der Waals surface area contributed by atoms with Gasteiger partial charge in [-0.25, -0.2) is 4.79 Å². The smallest absolute Gasteiger partial charge is 0.352 e. The monoisotopic (exact) mass is 228 g/mol. The average Bonchev–Trinajstić information content (AvgIpc) is 2.60. The average molecular weight is 228 g/mol. The molecule has 0 amide bonds. The van der Waals surface area contributed by atoms with Crippen LogP contribution in [0.2, 0.25) is 0 Å². The van der Waals surface area contributed by atoms with Gasteiger partial charge in [-0.3, -0.25) is 0 Å². The number of aryl methyl sites for hydroxylation is 1. The maximum Gasteiger partial charge on any atom is 0.352 e. The van der Waals surface area contributed by atoms with Gasteiger partial charge < -0.3 is 9.47 Å². The van der Waals surface area contributed by atoms with Crippen molar-refractivity contribution < 1.29 is 14.3 Å². The van der Waals surface area contributed by atoms with Crippen LogP contribution in [0, 0.1) is 6.92 Å². The van der Waals surface area contributed by atoms with Crippen LogP contribution in [0.1, 0.15) is 34.3 Å². The van der Waals surface area contributed by atoms with Crippen molar-refractivity contribution in [3.63, 3.8) is 0 Å². The van der Waals surface area contributed by atoms with E-state index < -0.39 is 0 Å². The van der Waals surface area contributed by atoms with E-state index in [1.54, 1.807) is 7.11 Å². The maximum atomic E-state index is 11.6. The zero-order chi connectivity index (χ0) is 11.3. The number of methoxy groups -OCH3 is 1. The van der Waals surface area contributed by atoms with Gasteiger partial charge in [0.15, 0.2) is 4.88 Å². The lowest BCUT2D eigenvalue weighted by Crippen LogP contribution is -2.05. The van der Waals surface area contributed by atoms with E-state index in [-0.39, 0.29) is 5.97 Å². The van der Waals surface area contributed by atoms with Crippen LogP contribution in [-0.2, 0) is 4.74 Å². The third kappa shape index (κ3) is 3.23. The van der Waals surface area contributed by atoms with Gasteiger partial charge in [-0.2, -0.15) is 0 Å². The molecule has 0 aromatic carbocycles. The van der Waals surface area contributed by atoms with Crippen molar-refractivity contribution in [2.75, 3.05) is 13.7 Å². The molecule has 4 heteroatoms. The van der Waals surface area contributed by atoms with Gasteiger partial charge in [0, 0.05) is 4.88 Å². The Labute approximate surface area is 94.0 Å². The highest BCUT2D eigenvalue weighted by Gasteiger charge is 2.16. The summed E-state index contributed by atoms with van der Waals surface area (Å²) in [6.45, 7) is 4.48. The van der Waals surface area contributed by atoms with Crippen LogP contribution in [0.25, 0.3) is 0 Å². The molecule has 1 aromatic heterocycles. The molecule has 84 valence electrons. The highest BCUT2D eigenvalue weighted by molar-refractivity contribution is 7.14. The zero-order valence-electron chi connectivity index (χ0n) is 9.33. The Morgan fingerprint density at radius 3 is 2.87 bits per heavy atom. The van der Waals surface area contributed by atoms with E-state index in [0.717, 1.165) is 17.7 Å². The fourth-order valence-corrected chi connectivity index (χ4v) is 2.03. The Hall–Kier alpha value is -1.03. The molecule has 0 spiro atoms. The first-order valence-electron chi connectivity index (χ1n) is 5.00. The van der Waals surface area contributed by atoms with Crippen molar-refractivity contribution >= 4 is 17.3 Å². The van der Waals surface area contributed by atoms with Crippen molar-refractivity contribution in [2.45, 2.75) is 26.7 Å². The highest BCUT2D eigenvalue weighted by atomic mass is 32.1. The third-order valence-electron chi connectivity index (χ3n) is 1.96. The molecule has 0 radical (unpaired) electrons. The molecule has 0 saturated carbocycles. The van der Waals surface area contributed by atoms with Crippen LogP contribution >= 0.6 is 11.3 Å². The Morgan fingerprint density at radius 2 is 2.27 bits per heavy atom. The molecular formula is C11H16O3S. The molecule has 15 heavy (non-hydrogen) atoms. The van der Waals surface area contributed by atoms with Crippen molar-refractivity contribution in [3.8, 4) is 5.75 Å². The van der Waals surface area contributed by atoms with E-state index in [2.05, 4.69) is 6.92 Å². The quantitative estimate of drug-likeness (QED) is 0.574. The van der Waals surface area contributed by atoms with E-state index in [0.29, 0.717) is 17.2 Å². The Kier molecular flexibility index (Phi) is 4.62. The largest absolute Gasteiger partial charge is 0.495 e. The molecule has 0 bridgehead atoms. The number of unbranched alkanes of at least 4 members (excludes halogenated alkanes) is 1. The molecular weight excluding hydrogens is 212 g/mol. The first kappa shape index (κ1) is 12.0. The van der Waals surface area contributed by atoms with Crippen molar-refractivity contribution in [2.24, 2.45) is 0 Å². The first-order valence-corrected chi connectivity index (χ1v) is 5.82. The molecule has 0 unspecified atom stereocenters. The second-order valence-corrected chi connectivity index (χ2v) is 4.50. The van der Waals surface area contributed by atoms with Gasteiger partial charge in [-0.05, 0) is 19.4 Å². The molecule has 0 aliphatic heterocycles. The minimum atomic E-state index is -0.279. The van der Waals surface area contributed by atoms with E-state index in [1.165, 1.54) is 11.3 Å². The molecule has 0 N–H and O–H groups in total. The predicted molar refractivity (Wildman–Crippen MR) is 60.8 cm³/mol. The van der Waals surface area contributed by atoms with E-state index in [1.807, 2.05) is 13.0 Å². The second kappa shape index (κ2) is 5.75. The van der Waals surface area contributed by atoms with Crippen molar-refractivity contribution in [1.82, 2.24) is 0 Å². The molecule has 3 nitrogen and oxygen atoms in total. The molecule has 1 rings (SSSR count). The maximum absolute atomic E-state index is 11.6. The summed E-state index contributed by atoms with van der Waals surface area (Å²) in [4.78, 5) is 13.2. The zero-order valence-corrected chi connectivity index (χ0v) is 10.1. The van der Waals surface area contributed by atoms with Crippen LogP contribution in [0.5, 0.6) is 5.75 Å². The van der Waals surface area contributed by atoms with Crippen LogP contribution in [0.3, 0.4) is 0 Å². The number of carbonyl (C=O) groups excluding carboxylic acids is 1. The highest BCUT2D eigenvalue weighted by Crippen LogP contribution is 2.29. The summed E-state index contributed by atoms with van der Waals surface area (Å²) in [5.74, 6) is 0.331. The third-order valence-corrected chi connectivity index (χ3v) is 2.97. The number of esters is 1. The van der Waals surface area contributed by atoms with Crippen molar-refractivity contribution in [1.29, 1.82) is 0 Å². The van der Waals surface area contributed by atoms with Gasteiger partial charge in [-0.1, -0.05) is 13.3 Å². The second-order valence-electron chi connectivity index (χ2n) is 3.24. The predicted octanol–water partition coefficient (Wildman–Crippen LogP) is 3.02. The topological polar surface area (TPSA) is 35.5 Å². The number of rotatable bonds is 5. The SMILES string of the molecule is CCCCOC(=O)c1sc(C)cc1OC. The lowest BCUT2D eigenvalue weighted by molar-refractivity contribution is 0.0502. The van der Waals surface area contributed by atoms with Crippen LogP contribution in [0.15, 0.2) is 6.07 Å². The Morgan fingerprint density at radius 1 is 1.53 bits per heavy atom. The fourth-order valence-electron chi connectivity index (χ4n) is 1.16. The van der Waals surface area contributed by atoms with E-state index in [4.69, 9.17) is 9.47 Å². The molecule has 1 heterocycles. The summed E-state index contributed by atoms with van der Waals surface area (Å²) in [6, 6.07) is 1.85. The summed E-state index contributed by atoms with van der Waals surface area (Å²) < 4.78 is 10.2. The van der Waals surface area contributed by atoms with Crippen LogP contribution in [0.4, 0.5) is 0 Å². The summed E-state index contributed by atoms with van der Waals surface area (Å²) in [5, 5.41) is 0. The molecule has 1 aromatic rings. The van der Waals surface area contributed by atoms with Gasteiger partial charge in [-0.15, -0.1) is 11.3 Å². The number of hydrogen-bond donors (Lipinski definition) is 0. The van der Waals surface area contributed by atoms with Crippen LogP contribution < -0.4 is 4.74 Å². The summed E-state index contributed by atoms with van der Waals surface area (Å²) in [7, 11) is 1.56. The molecule has 0 aliphatic rings. The van der Waals surface area contributed by atoms with Crippen LogP contribution in [-0.4, -0.2) is 19.7 Å². The van der Waals surface area contributed by atoms with Gasteiger partial charge in [0.1, 0.15) is 5.75 Å². The fraction of sp³-hybridized carbons (Fsp3) is 0.545. The Balaban J connectivity index is 2.64. The number of hydrogen-bond acceptors (Lipinski definition) is 4. The van der Waals surface area contributed by atoms with E-state index in [9.17, 15) is 4.79 Å². The minimum Gasteiger partial charge on any atom is -0.495 e. The van der Waals surface area contributed by atoms with Gasteiger partial charge >= 0.3 is 5.97 Å². The first-order chi connectivity index (χ1) is 7.19. The van der Waals surface area contributed by atoms with Crippen molar-refractivity contribution in [3.05, 3.63) is 15.8 Å². The molecule has 0 saturated heterocycles. The summed E-state index contributed by atoms with van der Waals surface area (Å²) in [5.41, 5.74) is 0. The molecule has 0 atom stereocenters. The van der Waals surface area contributed by atoms with Gasteiger partial charge in [0.25, 0.3) is 0 Å². The molecule has 0 aliphatic carbocycles. The summed E-state index contributed by atoms with van der Waals surface area (Å²) in [6.07, 6.45) is 1.92. The minimum absolute atomic E-state index is 0.279. The Bertz CT molecular complexity index is 331. The number of ether oxygens (including phenoxy) is 2. The number of thiophene rings is 1. The lowest BCUT2D eigenvalue weighted by Gasteiger charge is -2.03. The van der Waals surface area contributed by atoms with Gasteiger partial charge in [0.2, 0.25) is 0 Å². The normalized spacial score (nSPS) is 10.1. The van der Waals surface area contributed by atoms with E-state index >= 15 is 0 Å². The standard InChI is InChI=1S/C11H16O3S/c1-4-5-6-14-11(12)10-9(13-3)7-8(2)15-10/h7H,4-6H2,1-3H3. The molecule has 0 fully saturated rings. The summed E-state index contributed by atoms with van der Waals surface area (Å²) >= 11 is 1.41. The lowest BCUT2D eigenvalue weighted by atomic mass is 10.3. The van der Waals surface area contributed by atoms with Gasteiger partial charge in [0.05, 0.1) is 13.7 Å².